The van der Waals surface area contributed by atoms with Crippen molar-refractivity contribution in [2.75, 3.05) is 6.54 Å². The molecular weight excluding hydrogens is 342 g/mol. The minimum atomic E-state index is 0.245. The topological polar surface area (TPSA) is 60.2 Å². The van der Waals surface area contributed by atoms with Crippen molar-refractivity contribution in [1.29, 1.82) is 5.41 Å². The van der Waals surface area contributed by atoms with E-state index < -0.39 is 0 Å². The molecule has 0 spiro atoms. The Morgan fingerprint density at radius 1 is 1.19 bits per heavy atom. The van der Waals surface area contributed by atoms with Crippen molar-refractivity contribution in [3.63, 3.8) is 0 Å². The average molecular weight is 370 g/mol. The predicted molar refractivity (Wildman–Crippen MR) is 110 cm³/mol. The lowest BCUT2D eigenvalue weighted by Gasteiger charge is -2.26. The molecule has 138 valence electrons. The van der Waals surface area contributed by atoms with Crippen LogP contribution in [0.2, 0.25) is 0 Å². The van der Waals surface area contributed by atoms with Gasteiger partial charge in [0.2, 0.25) is 0 Å². The molecule has 0 unspecified atom stereocenters. The highest BCUT2D eigenvalue weighted by Crippen LogP contribution is 2.33. The van der Waals surface area contributed by atoms with Crippen molar-refractivity contribution < 1.29 is 5.11 Å². The molecule has 0 fully saturated rings. The maximum atomic E-state index is 10.5. The number of thiazole rings is 1. The SMILES string of the molecule is CC(C)CCC[C@H](C)N1CC(O)=C(c2nc(-c3ccccc3)cs2)C1=N. The van der Waals surface area contributed by atoms with Gasteiger partial charge in [0, 0.05) is 17.0 Å². The summed E-state index contributed by atoms with van der Waals surface area (Å²) in [7, 11) is 0. The highest BCUT2D eigenvalue weighted by Gasteiger charge is 2.32. The zero-order valence-electron chi connectivity index (χ0n) is 15.7. The van der Waals surface area contributed by atoms with Gasteiger partial charge in [-0.3, -0.25) is 5.41 Å². The fourth-order valence-corrected chi connectivity index (χ4v) is 4.20. The summed E-state index contributed by atoms with van der Waals surface area (Å²) in [6.45, 7) is 7.03. The molecule has 1 atom stereocenters. The first-order valence-electron chi connectivity index (χ1n) is 9.26. The summed E-state index contributed by atoms with van der Waals surface area (Å²) < 4.78 is 0. The Labute approximate surface area is 159 Å². The second kappa shape index (κ2) is 8.04. The maximum absolute atomic E-state index is 10.5. The molecule has 0 amide bonds. The van der Waals surface area contributed by atoms with E-state index in [4.69, 9.17) is 5.41 Å². The minimum Gasteiger partial charge on any atom is -0.510 e. The largest absolute Gasteiger partial charge is 0.510 e. The first kappa shape index (κ1) is 18.6. The summed E-state index contributed by atoms with van der Waals surface area (Å²) in [4.78, 5) is 6.67. The van der Waals surface area contributed by atoms with Gasteiger partial charge in [-0.2, -0.15) is 0 Å². The number of amidine groups is 1. The van der Waals surface area contributed by atoms with Gasteiger partial charge in [0.05, 0.1) is 17.8 Å². The van der Waals surface area contributed by atoms with Crippen molar-refractivity contribution in [3.05, 3.63) is 46.5 Å². The Bertz CT molecular complexity index is 795. The normalized spacial score (nSPS) is 16.0. The van der Waals surface area contributed by atoms with Gasteiger partial charge >= 0.3 is 0 Å². The third kappa shape index (κ3) is 3.98. The minimum absolute atomic E-state index is 0.245. The summed E-state index contributed by atoms with van der Waals surface area (Å²) >= 11 is 1.49. The highest BCUT2D eigenvalue weighted by atomic mass is 32.1. The molecule has 0 radical (unpaired) electrons. The number of nitrogens with zero attached hydrogens (tertiary/aromatic N) is 2. The van der Waals surface area contributed by atoms with Crippen molar-refractivity contribution in [2.24, 2.45) is 5.92 Å². The van der Waals surface area contributed by atoms with E-state index in [1.807, 2.05) is 40.6 Å². The predicted octanol–water partition coefficient (Wildman–Crippen LogP) is 5.59. The summed E-state index contributed by atoms with van der Waals surface area (Å²) in [6, 6.07) is 10.3. The lowest BCUT2D eigenvalue weighted by atomic mass is 10.0. The lowest BCUT2D eigenvalue weighted by molar-refractivity contribution is 0.289. The lowest BCUT2D eigenvalue weighted by Crippen LogP contribution is -2.35. The molecule has 1 aromatic carbocycles. The molecule has 1 aromatic heterocycles. The van der Waals surface area contributed by atoms with Crippen LogP contribution in [0.3, 0.4) is 0 Å². The Morgan fingerprint density at radius 3 is 2.62 bits per heavy atom. The molecule has 0 saturated heterocycles. The van der Waals surface area contributed by atoms with Crippen molar-refractivity contribution >= 4 is 22.7 Å². The molecule has 4 nitrogen and oxygen atoms in total. The molecule has 5 heteroatoms. The number of rotatable bonds is 7. The van der Waals surface area contributed by atoms with Gasteiger partial charge in [-0.05, 0) is 19.3 Å². The monoisotopic (exact) mass is 369 g/mol. The number of nitrogens with one attached hydrogen (secondary N) is 1. The Hall–Kier alpha value is -2.14. The van der Waals surface area contributed by atoms with Crippen LogP contribution in [0, 0.1) is 11.3 Å². The third-order valence-corrected chi connectivity index (χ3v) is 5.72. The van der Waals surface area contributed by atoms with Crippen LogP contribution in [-0.4, -0.2) is 33.4 Å². The molecular formula is C21H27N3OS. The van der Waals surface area contributed by atoms with Crippen LogP contribution >= 0.6 is 11.3 Å². The van der Waals surface area contributed by atoms with Crippen LogP contribution in [0.4, 0.5) is 0 Å². The van der Waals surface area contributed by atoms with Crippen LogP contribution in [-0.2, 0) is 0 Å². The zero-order valence-corrected chi connectivity index (χ0v) is 16.5. The van der Waals surface area contributed by atoms with Gasteiger partial charge < -0.3 is 10.0 Å². The maximum Gasteiger partial charge on any atom is 0.135 e. The summed E-state index contributed by atoms with van der Waals surface area (Å²) in [6.07, 6.45) is 3.38. The molecule has 1 aliphatic rings. The van der Waals surface area contributed by atoms with Gasteiger partial charge in [0.25, 0.3) is 0 Å². The molecule has 2 aromatic rings. The van der Waals surface area contributed by atoms with Crippen molar-refractivity contribution in [3.8, 4) is 11.3 Å². The molecule has 0 bridgehead atoms. The van der Waals surface area contributed by atoms with E-state index in [0.717, 1.165) is 29.1 Å². The van der Waals surface area contributed by atoms with E-state index in [2.05, 4.69) is 25.8 Å². The highest BCUT2D eigenvalue weighted by molar-refractivity contribution is 7.11. The molecule has 2 N–H and O–H groups in total. The summed E-state index contributed by atoms with van der Waals surface area (Å²) in [5.74, 6) is 1.36. The molecule has 0 aliphatic carbocycles. The van der Waals surface area contributed by atoms with Crippen LogP contribution in [0.5, 0.6) is 0 Å². The van der Waals surface area contributed by atoms with E-state index in [9.17, 15) is 5.11 Å². The zero-order chi connectivity index (χ0) is 18.7. The second-order valence-corrected chi connectivity index (χ2v) is 8.23. The van der Waals surface area contributed by atoms with E-state index in [1.54, 1.807) is 0 Å². The van der Waals surface area contributed by atoms with Gasteiger partial charge in [-0.25, -0.2) is 4.98 Å². The summed E-state index contributed by atoms with van der Waals surface area (Å²) in [5, 5.41) is 21.8. The van der Waals surface area contributed by atoms with E-state index in [0.29, 0.717) is 23.9 Å². The van der Waals surface area contributed by atoms with Gasteiger partial charge in [-0.15, -0.1) is 11.3 Å². The molecule has 2 heterocycles. The van der Waals surface area contributed by atoms with Crippen LogP contribution in [0.15, 0.2) is 41.5 Å². The Kier molecular flexibility index (Phi) is 5.77. The third-order valence-electron chi connectivity index (χ3n) is 4.86. The Balaban J connectivity index is 1.72. The Morgan fingerprint density at radius 2 is 1.92 bits per heavy atom. The summed E-state index contributed by atoms with van der Waals surface area (Å²) in [5.41, 5.74) is 2.54. The number of aromatic nitrogens is 1. The number of hydrogen-bond acceptors (Lipinski definition) is 4. The van der Waals surface area contributed by atoms with E-state index >= 15 is 0 Å². The average Bonchev–Trinajstić information content (AvgIpc) is 3.20. The van der Waals surface area contributed by atoms with E-state index in [-0.39, 0.29) is 11.8 Å². The van der Waals surface area contributed by atoms with Crippen molar-refractivity contribution in [1.82, 2.24) is 9.88 Å². The molecule has 26 heavy (non-hydrogen) atoms. The smallest absolute Gasteiger partial charge is 0.135 e. The van der Waals surface area contributed by atoms with E-state index in [1.165, 1.54) is 17.8 Å². The molecule has 1 aliphatic heterocycles. The van der Waals surface area contributed by atoms with Gasteiger partial charge in [-0.1, -0.05) is 57.0 Å². The number of benzene rings is 1. The standard InChI is InChI=1S/C21H27N3OS/c1-14(2)8-7-9-15(3)24-12-18(25)19(20(24)22)21-23-17(13-26-21)16-10-5-4-6-11-16/h4-6,10-11,13-15,22,25H,7-9,12H2,1-3H3/t15-/m0/s1. The van der Waals surface area contributed by atoms with Crippen LogP contribution in [0.1, 0.15) is 45.0 Å². The first-order chi connectivity index (χ1) is 12.5. The van der Waals surface area contributed by atoms with Crippen LogP contribution < -0.4 is 0 Å². The fourth-order valence-electron chi connectivity index (χ4n) is 3.31. The number of aliphatic hydroxyl groups is 1. The van der Waals surface area contributed by atoms with Crippen molar-refractivity contribution in [2.45, 2.75) is 46.1 Å². The quantitative estimate of drug-likeness (QED) is 0.669. The number of aliphatic hydroxyl groups excluding tert-OH is 1. The molecule has 3 rings (SSSR count). The first-order valence-corrected chi connectivity index (χ1v) is 10.1. The van der Waals surface area contributed by atoms with Gasteiger partial charge in [0.15, 0.2) is 0 Å². The van der Waals surface area contributed by atoms with Gasteiger partial charge in [0.1, 0.15) is 16.6 Å². The fraction of sp³-hybridized carbons (Fsp3) is 0.429. The molecule has 0 saturated carbocycles. The van der Waals surface area contributed by atoms with Crippen LogP contribution in [0.25, 0.3) is 16.8 Å². The number of hydrogen-bond donors (Lipinski definition) is 2. The second-order valence-electron chi connectivity index (χ2n) is 7.38.